The maximum Gasteiger partial charge on any atom is 0.344 e. The monoisotopic (exact) mass is 405 g/mol. The zero-order valence-corrected chi connectivity index (χ0v) is 14.6. The molecule has 1 aromatic rings. The Morgan fingerprint density at radius 3 is 2.69 bits per heavy atom. The van der Waals surface area contributed by atoms with Crippen LogP contribution in [-0.4, -0.2) is 69.5 Å². The molecule has 0 aromatic carbocycles. The van der Waals surface area contributed by atoms with E-state index in [1.807, 2.05) is 0 Å². The van der Waals surface area contributed by atoms with Crippen LogP contribution in [0.3, 0.4) is 0 Å². The van der Waals surface area contributed by atoms with Crippen LogP contribution in [0.25, 0.3) is 0 Å². The molecule has 1 aliphatic rings. The van der Waals surface area contributed by atoms with Crippen molar-refractivity contribution < 1.29 is 37.6 Å². The SMILES string of the molecule is C[C@H]1[C@H](N=C([O-])/C(=N\OCC(=O)O)c2csc(N)n2)C(=O)N1S(=O)(=O)[O-]. The van der Waals surface area contributed by atoms with Gasteiger partial charge in [0.25, 0.3) is 5.91 Å². The van der Waals surface area contributed by atoms with Crippen molar-refractivity contribution in [1.29, 1.82) is 0 Å². The molecule has 1 aliphatic heterocycles. The summed E-state index contributed by atoms with van der Waals surface area (Å²) < 4.78 is 32.9. The lowest BCUT2D eigenvalue weighted by Crippen LogP contribution is -2.64. The van der Waals surface area contributed by atoms with Crippen LogP contribution in [0.4, 0.5) is 5.13 Å². The molecule has 2 rings (SSSR count). The molecule has 26 heavy (non-hydrogen) atoms. The fourth-order valence-corrected chi connectivity index (χ4v) is 3.39. The maximum atomic E-state index is 12.3. The van der Waals surface area contributed by atoms with E-state index in [0.29, 0.717) is 0 Å². The molecule has 1 saturated heterocycles. The number of amides is 1. The first-order chi connectivity index (χ1) is 12.0. The normalized spacial score (nSPS) is 21.5. The summed E-state index contributed by atoms with van der Waals surface area (Å²) in [6.07, 6.45) is 0. The number of nitrogens with zero attached hydrogens (tertiary/aromatic N) is 4. The van der Waals surface area contributed by atoms with Gasteiger partial charge in [-0.3, -0.25) is 9.79 Å². The van der Waals surface area contributed by atoms with Crippen molar-refractivity contribution in [3.63, 3.8) is 0 Å². The van der Waals surface area contributed by atoms with E-state index in [0.717, 1.165) is 11.3 Å². The molecule has 13 nitrogen and oxygen atoms in total. The molecule has 0 unspecified atom stereocenters. The number of oxime groups is 1. The Kier molecular flexibility index (Phi) is 5.43. The summed E-state index contributed by atoms with van der Waals surface area (Å²) >= 11 is 0.958. The van der Waals surface area contributed by atoms with Crippen LogP contribution >= 0.6 is 11.3 Å². The average Bonchev–Trinajstić information content (AvgIpc) is 2.93. The van der Waals surface area contributed by atoms with Gasteiger partial charge in [0.1, 0.15) is 11.4 Å². The lowest BCUT2D eigenvalue weighted by Gasteiger charge is -2.44. The molecule has 0 spiro atoms. The molecule has 0 bridgehead atoms. The number of rotatable bonds is 7. The molecular formula is C11H11N5O8S2-2. The number of aliphatic carboxylic acids is 1. The summed E-state index contributed by atoms with van der Waals surface area (Å²) in [5, 5.41) is 25.6. The molecule has 142 valence electrons. The van der Waals surface area contributed by atoms with E-state index in [-0.39, 0.29) is 15.1 Å². The summed E-state index contributed by atoms with van der Waals surface area (Å²) in [6.45, 7) is 0.369. The van der Waals surface area contributed by atoms with Crippen molar-refractivity contribution in [1.82, 2.24) is 9.29 Å². The first-order valence-electron chi connectivity index (χ1n) is 6.69. The third-order valence-corrected chi connectivity index (χ3v) is 4.77. The number of thiazole rings is 1. The van der Waals surface area contributed by atoms with Crippen molar-refractivity contribution in [2.45, 2.75) is 19.0 Å². The van der Waals surface area contributed by atoms with E-state index in [9.17, 15) is 27.7 Å². The number of aliphatic imine (C=N–C) groups is 1. The van der Waals surface area contributed by atoms with Gasteiger partial charge in [-0.1, -0.05) is 5.16 Å². The van der Waals surface area contributed by atoms with Crippen molar-refractivity contribution >= 4 is 50.3 Å². The Hall–Kier alpha value is -2.78. The van der Waals surface area contributed by atoms with Crippen LogP contribution in [0.1, 0.15) is 12.6 Å². The van der Waals surface area contributed by atoms with Crippen molar-refractivity contribution in [3.05, 3.63) is 11.1 Å². The van der Waals surface area contributed by atoms with E-state index in [4.69, 9.17) is 10.8 Å². The molecule has 3 N–H and O–H groups in total. The number of anilines is 1. The summed E-state index contributed by atoms with van der Waals surface area (Å²) in [5.41, 5.74) is 4.86. The van der Waals surface area contributed by atoms with E-state index < -0.39 is 52.5 Å². The van der Waals surface area contributed by atoms with Crippen molar-refractivity contribution in [2.75, 3.05) is 12.3 Å². The highest BCUT2D eigenvalue weighted by molar-refractivity contribution is 7.84. The number of hydrogen-bond donors (Lipinski definition) is 2. The predicted molar refractivity (Wildman–Crippen MR) is 83.9 cm³/mol. The second-order valence-corrected chi connectivity index (χ2v) is 7.03. The molecule has 0 aliphatic carbocycles. The molecule has 1 aromatic heterocycles. The minimum absolute atomic E-state index is 0.0625. The Morgan fingerprint density at radius 2 is 2.23 bits per heavy atom. The summed E-state index contributed by atoms with van der Waals surface area (Å²) in [5.74, 6) is -3.63. The van der Waals surface area contributed by atoms with Crippen molar-refractivity contribution in [3.8, 4) is 0 Å². The zero-order chi connectivity index (χ0) is 19.6. The van der Waals surface area contributed by atoms with Crippen LogP contribution < -0.4 is 10.8 Å². The molecule has 0 radical (unpaired) electrons. The number of hydrogen-bond acceptors (Lipinski definition) is 12. The first-order valence-corrected chi connectivity index (χ1v) is 8.94. The topological polar surface area (TPSA) is 211 Å². The van der Waals surface area contributed by atoms with Gasteiger partial charge in [-0.05, 0) is 6.92 Å². The van der Waals surface area contributed by atoms with E-state index in [1.54, 1.807) is 0 Å². The van der Waals surface area contributed by atoms with Crippen LogP contribution in [-0.2, 0) is 24.7 Å². The average molecular weight is 405 g/mol. The standard InChI is InChI=1S/C11H13N5O8S2/c1-4-7(10(20)16(4)26(21,22)23)14-9(19)8(15-24-2-6(17)18)5-3-25-11(12)13-5/h3-4,7H,2H2,1H3,(H2,12,13)(H,14,19)(H,17,18)(H,21,22,23)/p-2/b15-8-/t4-,7-/m0/s1. The highest BCUT2D eigenvalue weighted by Crippen LogP contribution is 2.25. The molecule has 2 atom stereocenters. The second-order valence-electron chi connectivity index (χ2n) is 4.89. The van der Waals surface area contributed by atoms with Gasteiger partial charge in [-0.2, -0.15) is 0 Å². The Morgan fingerprint density at radius 1 is 1.58 bits per heavy atom. The smallest absolute Gasteiger partial charge is 0.344 e. The van der Waals surface area contributed by atoms with Gasteiger partial charge >= 0.3 is 5.97 Å². The molecule has 2 heterocycles. The highest BCUT2D eigenvalue weighted by Gasteiger charge is 2.48. The molecular weight excluding hydrogens is 394 g/mol. The Bertz CT molecular complexity index is 892. The second kappa shape index (κ2) is 7.22. The van der Waals surface area contributed by atoms with E-state index in [1.165, 1.54) is 12.3 Å². The minimum atomic E-state index is -5.01. The fraction of sp³-hybridized carbons (Fsp3) is 0.364. The maximum absolute atomic E-state index is 12.3. The Labute approximate surface area is 150 Å². The quantitative estimate of drug-likeness (QED) is 0.158. The van der Waals surface area contributed by atoms with Crippen LogP contribution in [0.5, 0.6) is 0 Å². The number of β-lactam (4-membered cyclic amide) rings is 1. The van der Waals surface area contributed by atoms with Gasteiger partial charge in [0.2, 0.25) is 6.61 Å². The number of carboxylic acids is 1. The highest BCUT2D eigenvalue weighted by atomic mass is 32.2. The lowest BCUT2D eigenvalue weighted by molar-refractivity contribution is -0.210. The number of aromatic nitrogens is 1. The minimum Gasteiger partial charge on any atom is -0.857 e. The molecule has 0 saturated carbocycles. The van der Waals surface area contributed by atoms with Crippen LogP contribution in [0, 0.1) is 0 Å². The van der Waals surface area contributed by atoms with Crippen molar-refractivity contribution in [2.24, 2.45) is 10.1 Å². The summed E-state index contributed by atoms with van der Waals surface area (Å²) in [4.78, 5) is 34.0. The molecule has 1 amide bonds. The van der Waals surface area contributed by atoms with Crippen LogP contribution in [0.2, 0.25) is 0 Å². The largest absolute Gasteiger partial charge is 0.857 e. The van der Waals surface area contributed by atoms with E-state index >= 15 is 0 Å². The zero-order valence-electron chi connectivity index (χ0n) is 12.9. The Balaban J connectivity index is 2.29. The van der Waals surface area contributed by atoms with E-state index in [2.05, 4.69) is 20.0 Å². The summed E-state index contributed by atoms with van der Waals surface area (Å²) in [6, 6.07) is -2.57. The fourth-order valence-electron chi connectivity index (χ4n) is 1.99. The molecule has 1 fully saturated rings. The van der Waals surface area contributed by atoms with Gasteiger partial charge in [0.15, 0.2) is 21.5 Å². The van der Waals surface area contributed by atoms with Gasteiger partial charge in [0, 0.05) is 11.3 Å². The van der Waals surface area contributed by atoms with Gasteiger partial charge in [0.05, 0.1) is 6.04 Å². The lowest BCUT2D eigenvalue weighted by atomic mass is 10.0. The first kappa shape index (κ1) is 19.5. The third kappa shape index (κ3) is 4.06. The van der Waals surface area contributed by atoms with Gasteiger partial charge in [-0.25, -0.2) is 22.5 Å². The number of carbonyl (C=O) groups excluding carboxylic acids is 1. The number of nitrogen functional groups attached to an aromatic ring is 1. The van der Waals surface area contributed by atoms with Crippen LogP contribution in [0.15, 0.2) is 15.5 Å². The number of carbonyl (C=O) groups is 2. The number of carboxylic acid groups (broad SMARTS) is 1. The van der Waals surface area contributed by atoms with Gasteiger partial charge in [-0.15, -0.1) is 11.3 Å². The molecule has 15 heteroatoms. The summed E-state index contributed by atoms with van der Waals surface area (Å²) in [7, 11) is -5.01. The van der Waals surface area contributed by atoms with Gasteiger partial charge < -0.3 is 25.3 Å². The third-order valence-electron chi connectivity index (χ3n) is 3.11. The number of nitrogens with two attached hydrogens (primary N) is 1. The predicted octanol–water partition coefficient (Wildman–Crippen LogP) is -2.65.